The number of H-pyrrole nitrogens is 1. The van der Waals surface area contributed by atoms with Crippen molar-refractivity contribution >= 4 is 35.0 Å². The summed E-state index contributed by atoms with van der Waals surface area (Å²) in [4.78, 5) is 26.4. The Kier molecular flexibility index (Phi) is 4.57. The molecule has 0 aliphatic rings. The van der Waals surface area contributed by atoms with Crippen molar-refractivity contribution in [1.82, 2.24) is 4.98 Å². The second-order valence-electron chi connectivity index (χ2n) is 4.80. The summed E-state index contributed by atoms with van der Waals surface area (Å²) in [6, 6.07) is 7.63. The number of halogens is 1. The van der Waals surface area contributed by atoms with Gasteiger partial charge in [-0.15, -0.1) is 12.4 Å². The number of carbonyl (C=O) groups excluding carboxylic acids is 2. The number of Topliss-reactive ketones (excluding diaryl/α,β-unsaturated/α-hetero) is 1. The van der Waals surface area contributed by atoms with E-state index in [1.54, 1.807) is 13.1 Å². The van der Waals surface area contributed by atoms with Crippen molar-refractivity contribution < 1.29 is 9.59 Å². The molecule has 20 heavy (non-hydrogen) atoms. The molecule has 6 heteroatoms. The van der Waals surface area contributed by atoms with Crippen LogP contribution in [-0.4, -0.2) is 22.2 Å². The van der Waals surface area contributed by atoms with Gasteiger partial charge < -0.3 is 16.5 Å². The second-order valence-corrected chi connectivity index (χ2v) is 4.80. The molecule has 1 heterocycles. The SMILES string of the molecule is CC(=O)C(N)(C(N)=O)C(C)c1c[nH]c2ccccc12.Cl. The van der Waals surface area contributed by atoms with Crippen molar-refractivity contribution in [1.29, 1.82) is 0 Å². The average Bonchev–Trinajstić information content (AvgIpc) is 2.80. The van der Waals surface area contributed by atoms with Crippen LogP contribution in [0.15, 0.2) is 30.5 Å². The molecule has 0 saturated heterocycles. The van der Waals surface area contributed by atoms with E-state index >= 15 is 0 Å². The van der Waals surface area contributed by atoms with E-state index in [2.05, 4.69) is 4.98 Å². The fourth-order valence-corrected chi connectivity index (χ4v) is 2.39. The number of para-hydroxylation sites is 1. The van der Waals surface area contributed by atoms with Gasteiger partial charge in [0, 0.05) is 23.0 Å². The minimum atomic E-state index is -1.69. The maximum Gasteiger partial charge on any atom is 0.245 e. The van der Waals surface area contributed by atoms with Gasteiger partial charge in [0.05, 0.1) is 0 Å². The zero-order chi connectivity index (χ0) is 14.2. The predicted octanol–water partition coefficient (Wildman–Crippen LogP) is 1.47. The summed E-state index contributed by atoms with van der Waals surface area (Å²) in [5, 5.41) is 0.937. The van der Waals surface area contributed by atoms with E-state index in [1.807, 2.05) is 24.3 Å². The van der Waals surface area contributed by atoms with E-state index in [1.165, 1.54) is 6.92 Å². The van der Waals surface area contributed by atoms with E-state index in [0.29, 0.717) is 0 Å². The molecule has 0 spiro atoms. The molecule has 108 valence electrons. The van der Waals surface area contributed by atoms with Crippen LogP contribution < -0.4 is 11.5 Å². The van der Waals surface area contributed by atoms with Crippen molar-refractivity contribution in [3.05, 3.63) is 36.0 Å². The maximum absolute atomic E-state index is 11.7. The molecule has 0 radical (unpaired) electrons. The molecule has 1 amide bonds. The summed E-state index contributed by atoms with van der Waals surface area (Å²) in [6.07, 6.45) is 1.77. The fourth-order valence-electron chi connectivity index (χ4n) is 2.39. The highest BCUT2D eigenvalue weighted by Gasteiger charge is 2.44. The molecule has 0 aliphatic carbocycles. The van der Waals surface area contributed by atoms with Crippen molar-refractivity contribution in [3.8, 4) is 0 Å². The van der Waals surface area contributed by atoms with Crippen molar-refractivity contribution in [3.63, 3.8) is 0 Å². The standard InChI is InChI=1S/C14H17N3O2.ClH/c1-8(14(16,9(2)18)13(15)19)11-7-17-12-6-4-3-5-10(11)12;/h3-8,17H,16H2,1-2H3,(H2,15,19);1H. The molecule has 5 N–H and O–H groups in total. The minimum Gasteiger partial charge on any atom is -0.368 e. The highest BCUT2D eigenvalue weighted by molar-refractivity contribution is 6.10. The third kappa shape index (κ3) is 2.30. The van der Waals surface area contributed by atoms with Crippen LogP contribution in [0.25, 0.3) is 10.9 Å². The van der Waals surface area contributed by atoms with Crippen molar-refractivity contribution in [2.24, 2.45) is 11.5 Å². The van der Waals surface area contributed by atoms with Gasteiger partial charge in [-0.25, -0.2) is 0 Å². The molecule has 1 aromatic carbocycles. The quantitative estimate of drug-likeness (QED) is 0.744. The molecule has 2 rings (SSSR count). The third-order valence-electron chi connectivity index (χ3n) is 3.76. The maximum atomic E-state index is 11.7. The van der Waals surface area contributed by atoms with Crippen LogP contribution in [0.5, 0.6) is 0 Å². The summed E-state index contributed by atoms with van der Waals surface area (Å²) >= 11 is 0. The Morgan fingerprint density at radius 2 is 1.90 bits per heavy atom. The van der Waals surface area contributed by atoms with Crippen molar-refractivity contribution in [2.75, 3.05) is 0 Å². The highest BCUT2D eigenvalue weighted by Crippen LogP contribution is 2.32. The summed E-state index contributed by atoms with van der Waals surface area (Å²) in [5.41, 5.74) is 11.4. The van der Waals surface area contributed by atoms with Crippen LogP contribution in [0.2, 0.25) is 0 Å². The van der Waals surface area contributed by atoms with Gasteiger partial charge in [-0.05, 0) is 18.6 Å². The van der Waals surface area contributed by atoms with Crippen LogP contribution in [0.3, 0.4) is 0 Å². The Balaban J connectivity index is 0.00000200. The number of primary amides is 1. The molecule has 2 aromatic rings. The van der Waals surface area contributed by atoms with Gasteiger partial charge in [0.2, 0.25) is 5.91 Å². The number of benzene rings is 1. The topological polar surface area (TPSA) is 102 Å². The van der Waals surface area contributed by atoms with Gasteiger partial charge >= 0.3 is 0 Å². The van der Waals surface area contributed by atoms with E-state index in [-0.39, 0.29) is 12.4 Å². The number of amides is 1. The van der Waals surface area contributed by atoms with E-state index in [0.717, 1.165) is 16.5 Å². The largest absolute Gasteiger partial charge is 0.368 e. The molecule has 1 aromatic heterocycles. The summed E-state index contributed by atoms with van der Waals surface area (Å²) < 4.78 is 0. The number of nitrogens with one attached hydrogen (secondary N) is 1. The van der Waals surface area contributed by atoms with Crippen LogP contribution in [-0.2, 0) is 9.59 Å². The summed E-state index contributed by atoms with van der Waals surface area (Å²) in [6.45, 7) is 3.03. The first-order chi connectivity index (χ1) is 8.89. The van der Waals surface area contributed by atoms with Crippen LogP contribution in [0, 0.1) is 0 Å². The number of rotatable bonds is 4. The van der Waals surface area contributed by atoms with Crippen molar-refractivity contribution in [2.45, 2.75) is 25.3 Å². The van der Waals surface area contributed by atoms with Gasteiger partial charge in [0.25, 0.3) is 0 Å². The zero-order valence-electron chi connectivity index (χ0n) is 11.3. The predicted molar refractivity (Wildman–Crippen MR) is 80.8 cm³/mol. The Hall–Kier alpha value is -1.85. The zero-order valence-corrected chi connectivity index (χ0v) is 12.2. The smallest absolute Gasteiger partial charge is 0.245 e. The molecule has 0 saturated carbocycles. The lowest BCUT2D eigenvalue weighted by Crippen LogP contribution is -2.60. The molecular formula is C14H18ClN3O2. The number of carbonyl (C=O) groups is 2. The molecule has 0 fully saturated rings. The van der Waals surface area contributed by atoms with E-state index in [4.69, 9.17) is 11.5 Å². The first-order valence-electron chi connectivity index (χ1n) is 6.04. The molecular weight excluding hydrogens is 278 g/mol. The first kappa shape index (κ1) is 16.2. The molecule has 0 bridgehead atoms. The summed E-state index contributed by atoms with van der Waals surface area (Å²) in [5.74, 6) is -1.74. The number of hydrogen-bond donors (Lipinski definition) is 3. The number of aromatic amines is 1. The summed E-state index contributed by atoms with van der Waals surface area (Å²) in [7, 11) is 0. The number of aromatic nitrogens is 1. The molecule has 0 aliphatic heterocycles. The minimum absolute atomic E-state index is 0. The molecule has 2 atom stereocenters. The highest BCUT2D eigenvalue weighted by atomic mass is 35.5. The molecule has 2 unspecified atom stereocenters. The Bertz CT molecular complexity index is 637. The Labute approximate surface area is 123 Å². The molecule has 5 nitrogen and oxygen atoms in total. The third-order valence-corrected chi connectivity index (χ3v) is 3.76. The normalized spacial score (nSPS) is 15.2. The lowest BCUT2D eigenvalue weighted by atomic mass is 9.78. The van der Waals surface area contributed by atoms with Gasteiger partial charge in [-0.3, -0.25) is 9.59 Å². The first-order valence-corrected chi connectivity index (χ1v) is 6.04. The van der Waals surface area contributed by atoms with Crippen LogP contribution in [0.4, 0.5) is 0 Å². The average molecular weight is 296 g/mol. The van der Waals surface area contributed by atoms with E-state index < -0.39 is 23.1 Å². The van der Waals surface area contributed by atoms with Gasteiger partial charge in [0.15, 0.2) is 11.3 Å². The fraction of sp³-hybridized carbons (Fsp3) is 0.286. The lowest BCUT2D eigenvalue weighted by molar-refractivity contribution is -0.133. The second kappa shape index (κ2) is 5.64. The number of nitrogens with two attached hydrogens (primary N) is 2. The number of ketones is 1. The van der Waals surface area contributed by atoms with Gasteiger partial charge in [-0.2, -0.15) is 0 Å². The number of hydrogen-bond acceptors (Lipinski definition) is 3. The monoisotopic (exact) mass is 295 g/mol. The Morgan fingerprint density at radius 1 is 1.30 bits per heavy atom. The van der Waals surface area contributed by atoms with Crippen LogP contribution >= 0.6 is 12.4 Å². The Morgan fingerprint density at radius 3 is 2.45 bits per heavy atom. The van der Waals surface area contributed by atoms with Gasteiger partial charge in [-0.1, -0.05) is 25.1 Å². The van der Waals surface area contributed by atoms with Crippen LogP contribution in [0.1, 0.15) is 25.3 Å². The lowest BCUT2D eigenvalue weighted by Gasteiger charge is -2.29. The van der Waals surface area contributed by atoms with E-state index in [9.17, 15) is 9.59 Å². The van der Waals surface area contributed by atoms with Gasteiger partial charge in [0.1, 0.15) is 0 Å². The number of fused-ring (bicyclic) bond motifs is 1.